The van der Waals surface area contributed by atoms with Gasteiger partial charge in [-0.25, -0.2) is 9.97 Å². The molecule has 19 heavy (non-hydrogen) atoms. The van der Waals surface area contributed by atoms with E-state index >= 15 is 0 Å². The number of pyridine rings is 1. The summed E-state index contributed by atoms with van der Waals surface area (Å²) in [5, 5.41) is 0.682. The van der Waals surface area contributed by atoms with E-state index in [0.29, 0.717) is 11.6 Å². The van der Waals surface area contributed by atoms with E-state index < -0.39 is 0 Å². The Kier molecular flexibility index (Phi) is 2.97. The van der Waals surface area contributed by atoms with Gasteiger partial charge in [0, 0.05) is 11.2 Å². The van der Waals surface area contributed by atoms with Crippen LogP contribution >= 0.6 is 11.6 Å². The molecule has 0 fully saturated rings. The third-order valence-corrected chi connectivity index (χ3v) is 3.32. The summed E-state index contributed by atoms with van der Waals surface area (Å²) in [6.07, 6.45) is 1.75. The van der Waals surface area contributed by atoms with Crippen molar-refractivity contribution in [1.82, 2.24) is 14.5 Å². The summed E-state index contributed by atoms with van der Waals surface area (Å²) in [5.74, 6) is 0.777. The summed E-state index contributed by atoms with van der Waals surface area (Å²) in [7, 11) is 0. The minimum Gasteiger partial charge on any atom is -0.324 e. The van der Waals surface area contributed by atoms with Gasteiger partial charge >= 0.3 is 0 Å². The SMILES string of the molecule is Cc1ccc(Cl)cc1-n1c(CN)nc2cccnc21. The molecule has 0 amide bonds. The van der Waals surface area contributed by atoms with Gasteiger partial charge in [-0.05, 0) is 36.8 Å². The number of imidazole rings is 1. The minimum absolute atomic E-state index is 0.350. The molecule has 5 heteroatoms. The van der Waals surface area contributed by atoms with Gasteiger partial charge < -0.3 is 5.73 Å². The molecule has 2 aromatic heterocycles. The molecule has 0 atom stereocenters. The van der Waals surface area contributed by atoms with Crippen LogP contribution in [-0.4, -0.2) is 14.5 Å². The van der Waals surface area contributed by atoms with Crippen molar-refractivity contribution in [3.05, 3.63) is 52.9 Å². The molecule has 0 aliphatic carbocycles. The standard InChI is InChI=1S/C14H13ClN4/c1-9-4-5-10(15)7-12(9)19-13(8-16)18-11-3-2-6-17-14(11)19/h2-7H,8,16H2,1H3. The maximum Gasteiger partial charge on any atom is 0.164 e. The Morgan fingerprint density at radius 1 is 1.32 bits per heavy atom. The first-order valence-electron chi connectivity index (χ1n) is 5.99. The molecule has 0 saturated heterocycles. The van der Waals surface area contributed by atoms with Crippen LogP contribution < -0.4 is 5.73 Å². The van der Waals surface area contributed by atoms with Gasteiger partial charge in [0.15, 0.2) is 5.65 Å². The van der Waals surface area contributed by atoms with Crippen molar-refractivity contribution in [3.63, 3.8) is 0 Å². The number of aryl methyl sites for hydroxylation is 1. The lowest BCUT2D eigenvalue weighted by molar-refractivity contribution is 0.873. The lowest BCUT2D eigenvalue weighted by Gasteiger charge is -2.11. The number of hydrogen-bond acceptors (Lipinski definition) is 3. The maximum absolute atomic E-state index is 6.10. The highest BCUT2D eigenvalue weighted by Crippen LogP contribution is 2.24. The second-order valence-electron chi connectivity index (χ2n) is 4.34. The zero-order valence-electron chi connectivity index (χ0n) is 10.5. The third-order valence-electron chi connectivity index (χ3n) is 3.08. The highest BCUT2D eigenvalue weighted by atomic mass is 35.5. The largest absolute Gasteiger partial charge is 0.324 e. The summed E-state index contributed by atoms with van der Waals surface area (Å²) < 4.78 is 1.97. The summed E-state index contributed by atoms with van der Waals surface area (Å²) >= 11 is 6.10. The van der Waals surface area contributed by atoms with Crippen LogP contribution in [0.5, 0.6) is 0 Å². The Hall–Kier alpha value is -1.91. The summed E-state index contributed by atoms with van der Waals surface area (Å²) in [5.41, 5.74) is 9.50. The monoisotopic (exact) mass is 272 g/mol. The number of nitrogens with zero attached hydrogens (tertiary/aromatic N) is 3. The predicted molar refractivity (Wildman–Crippen MR) is 76.5 cm³/mol. The van der Waals surface area contributed by atoms with E-state index in [2.05, 4.69) is 9.97 Å². The molecule has 4 nitrogen and oxygen atoms in total. The maximum atomic E-state index is 6.10. The lowest BCUT2D eigenvalue weighted by atomic mass is 10.2. The van der Waals surface area contributed by atoms with E-state index in [4.69, 9.17) is 17.3 Å². The van der Waals surface area contributed by atoms with Crippen molar-refractivity contribution in [2.75, 3.05) is 0 Å². The Bertz CT molecular complexity index is 748. The molecule has 2 N–H and O–H groups in total. The van der Waals surface area contributed by atoms with Gasteiger partial charge in [-0.1, -0.05) is 17.7 Å². The summed E-state index contributed by atoms with van der Waals surface area (Å²) in [6.45, 7) is 2.38. The van der Waals surface area contributed by atoms with Gasteiger partial charge in [0.2, 0.25) is 0 Å². The van der Waals surface area contributed by atoms with E-state index in [9.17, 15) is 0 Å². The number of nitrogens with two attached hydrogens (primary N) is 1. The Labute approximate surface area is 115 Å². The van der Waals surface area contributed by atoms with E-state index in [1.165, 1.54) is 0 Å². The van der Waals surface area contributed by atoms with Crippen LogP contribution in [-0.2, 0) is 6.54 Å². The average molecular weight is 273 g/mol. The molecule has 0 spiro atoms. The molecule has 3 rings (SSSR count). The van der Waals surface area contributed by atoms with Crippen molar-refractivity contribution < 1.29 is 0 Å². The van der Waals surface area contributed by atoms with Gasteiger partial charge in [-0.2, -0.15) is 0 Å². The quantitative estimate of drug-likeness (QED) is 0.780. The van der Waals surface area contributed by atoms with E-state index in [1.54, 1.807) is 6.20 Å². The molecule has 0 aliphatic heterocycles. The van der Waals surface area contributed by atoms with E-state index in [0.717, 1.165) is 28.2 Å². The van der Waals surface area contributed by atoms with Crippen LogP contribution in [0, 0.1) is 6.92 Å². The first-order valence-corrected chi connectivity index (χ1v) is 6.37. The second kappa shape index (κ2) is 4.64. The zero-order chi connectivity index (χ0) is 13.4. The molecule has 0 unspecified atom stereocenters. The molecule has 0 bridgehead atoms. The zero-order valence-corrected chi connectivity index (χ0v) is 11.2. The van der Waals surface area contributed by atoms with Gasteiger partial charge in [0.25, 0.3) is 0 Å². The van der Waals surface area contributed by atoms with Crippen molar-refractivity contribution in [2.45, 2.75) is 13.5 Å². The molecular formula is C14H13ClN4. The fraction of sp³-hybridized carbons (Fsp3) is 0.143. The van der Waals surface area contributed by atoms with Crippen LogP contribution in [0.1, 0.15) is 11.4 Å². The number of fused-ring (bicyclic) bond motifs is 1. The van der Waals surface area contributed by atoms with E-state index in [1.807, 2.05) is 41.8 Å². The van der Waals surface area contributed by atoms with Crippen molar-refractivity contribution >= 4 is 22.8 Å². The van der Waals surface area contributed by atoms with Gasteiger partial charge in [-0.3, -0.25) is 4.57 Å². The van der Waals surface area contributed by atoms with Crippen molar-refractivity contribution in [2.24, 2.45) is 5.73 Å². The van der Waals surface area contributed by atoms with Gasteiger partial charge in [-0.15, -0.1) is 0 Å². The first-order chi connectivity index (χ1) is 9.20. The normalized spacial score (nSPS) is 11.1. The Morgan fingerprint density at radius 2 is 2.16 bits per heavy atom. The average Bonchev–Trinajstić information content (AvgIpc) is 2.80. The van der Waals surface area contributed by atoms with Crippen LogP contribution in [0.25, 0.3) is 16.9 Å². The number of benzene rings is 1. The summed E-state index contributed by atoms with van der Waals surface area (Å²) in [4.78, 5) is 8.91. The molecule has 96 valence electrons. The molecule has 0 aliphatic rings. The summed E-state index contributed by atoms with van der Waals surface area (Å²) in [6, 6.07) is 9.55. The fourth-order valence-corrected chi connectivity index (χ4v) is 2.34. The van der Waals surface area contributed by atoms with Gasteiger partial charge in [0.1, 0.15) is 11.3 Å². The van der Waals surface area contributed by atoms with Crippen LogP contribution in [0.15, 0.2) is 36.5 Å². The lowest BCUT2D eigenvalue weighted by Crippen LogP contribution is -2.08. The number of rotatable bonds is 2. The molecule has 0 radical (unpaired) electrons. The molecular weight excluding hydrogens is 260 g/mol. The van der Waals surface area contributed by atoms with Crippen molar-refractivity contribution in [1.29, 1.82) is 0 Å². The van der Waals surface area contributed by atoms with E-state index in [-0.39, 0.29) is 0 Å². The predicted octanol–water partition coefficient (Wildman–Crippen LogP) is 2.84. The number of halogens is 1. The van der Waals surface area contributed by atoms with Crippen LogP contribution in [0.2, 0.25) is 5.02 Å². The smallest absolute Gasteiger partial charge is 0.164 e. The number of hydrogen-bond donors (Lipinski definition) is 1. The second-order valence-corrected chi connectivity index (χ2v) is 4.78. The van der Waals surface area contributed by atoms with Crippen LogP contribution in [0.4, 0.5) is 0 Å². The highest BCUT2D eigenvalue weighted by Gasteiger charge is 2.13. The molecule has 1 aromatic carbocycles. The Morgan fingerprint density at radius 3 is 2.95 bits per heavy atom. The Balaban J connectivity index is 2.37. The number of aromatic nitrogens is 3. The highest BCUT2D eigenvalue weighted by molar-refractivity contribution is 6.30. The molecule has 3 aromatic rings. The third kappa shape index (κ3) is 1.99. The molecule has 0 saturated carbocycles. The van der Waals surface area contributed by atoms with Crippen molar-refractivity contribution in [3.8, 4) is 5.69 Å². The molecule has 2 heterocycles. The van der Waals surface area contributed by atoms with Crippen LogP contribution in [0.3, 0.4) is 0 Å². The fourth-order valence-electron chi connectivity index (χ4n) is 2.17. The first kappa shape index (κ1) is 12.1. The topological polar surface area (TPSA) is 56.7 Å². The van der Waals surface area contributed by atoms with Gasteiger partial charge in [0.05, 0.1) is 12.2 Å². The minimum atomic E-state index is 0.350.